The van der Waals surface area contributed by atoms with Gasteiger partial charge in [0.05, 0.1) is 16.6 Å². The van der Waals surface area contributed by atoms with Crippen molar-refractivity contribution in [2.45, 2.75) is 0 Å². The monoisotopic (exact) mass is 513 g/mol. The second-order valence-corrected chi connectivity index (χ2v) is 9.78. The van der Waals surface area contributed by atoms with E-state index >= 15 is 0 Å². The van der Waals surface area contributed by atoms with Crippen molar-refractivity contribution in [3.63, 3.8) is 0 Å². The van der Waals surface area contributed by atoms with Crippen molar-refractivity contribution < 1.29 is 0 Å². The van der Waals surface area contributed by atoms with E-state index in [-0.39, 0.29) is 0 Å². The Morgan fingerprint density at radius 1 is 0.425 bits per heavy atom. The zero-order chi connectivity index (χ0) is 26.5. The SMILES string of the molecule is c1ccc(-c2nc(-c3ccccc3)nc(-n3c4ccccc4c4ccc5c(ccn5-c5ccccc5)c43)n2)cc1. The van der Waals surface area contributed by atoms with Crippen molar-refractivity contribution in [2.24, 2.45) is 0 Å². The van der Waals surface area contributed by atoms with E-state index in [1.54, 1.807) is 0 Å². The van der Waals surface area contributed by atoms with Crippen LogP contribution in [0, 0.1) is 0 Å². The first-order chi connectivity index (χ1) is 19.8. The maximum atomic E-state index is 5.08. The van der Waals surface area contributed by atoms with Crippen LogP contribution in [0.2, 0.25) is 0 Å². The molecule has 0 N–H and O–H groups in total. The predicted molar refractivity (Wildman–Crippen MR) is 162 cm³/mol. The van der Waals surface area contributed by atoms with Gasteiger partial charge in [-0.3, -0.25) is 4.57 Å². The van der Waals surface area contributed by atoms with Gasteiger partial charge in [0.2, 0.25) is 5.95 Å². The molecule has 3 heterocycles. The number of aromatic nitrogens is 5. The molecule has 0 aliphatic carbocycles. The van der Waals surface area contributed by atoms with E-state index in [4.69, 9.17) is 15.0 Å². The van der Waals surface area contributed by atoms with Gasteiger partial charge in [0.15, 0.2) is 11.6 Å². The average Bonchev–Trinajstić information content (AvgIpc) is 3.62. The number of hydrogen-bond acceptors (Lipinski definition) is 3. The number of rotatable bonds is 4. The molecule has 0 spiro atoms. The summed E-state index contributed by atoms with van der Waals surface area (Å²) in [6, 6.07) is 45.7. The van der Waals surface area contributed by atoms with Gasteiger partial charge in [0.25, 0.3) is 0 Å². The van der Waals surface area contributed by atoms with Gasteiger partial charge >= 0.3 is 0 Å². The van der Waals surface area contributed by atoms with E-state index < -0.39 is 0 Å². The maximum absolute atomic E-state index is 5.08. The Morgan fingerprint density at radius 3 is 1.70 bits per heavy atom. The van der Waals surface area contributed by atoms with Crippen molar-refractivity contribution >= 4 is 32.7 Å². The van der Waals surface area contributed by atoms with Gasteiger partial charge in [-0.15, -0.1) is 0 Å². The Balaban J connectivity index is 1.48. The van der Waals surface area contributed by atoms with Crippen LogP contribution in [-0.2, 0) is 0 Å². The fraction of sp³-hybridized carbons (Fsp3) is 0. The van der Waals surface area contributed by atoms with Crippen molar-refractivity contribution in [1.82, 2.24) is 24.1 Å². The topological polar surface area (TPSA) is 48.5 Å². The summed E-state index contributed by atoms with van der Waals surface area (Å²) in [4.78, 5) is 15.1. The first-order valence-electron chi connectivity index (χ1n) is 13.3. The molecule has 0 saturated carbocycles. The highest BCUT2D eigenvalue weighted by molar-refractivity contribution is 6.18. The summed E-state index contributed by atoms with van der Waals surface area (Å²) >= 11 is 0. The summed E-state index contributed by atoms with van der Waals surface area (Å²) in [5, 5.41) is 3.46. The van der Waals surface area contributed by atoms with Crippen molar-refractivity contribution in [3.8, 4) is 34.4 Å². The fourth-order valence-electron chi connectivity index (χ4n) is 5.60. The molecular formula is C35H23N5. The lowest BCUT2D eigenvalue weighted by Crippen LogP contribution is -2.06. The van der Waals surface area contributed by atoms with E-state index in [1.807, 2.05) is 66.7 Å². The second-order valence-electron chi connectivity index (χ2n) is 9.78. The maximum Gasteiger partial charge on any atom is 0.238 e. The molecular weight excluding hydrogens is 490 g/mol. The summed E-state index contributed by atoms with van der Waals surface area (Å²) in [6.07, 6.45) is 2.14. The minimum Gasteiger partial charge on any atom is -0.316 e. The number of fused-ring (bicyclic) bond motifs is 5. The fourth-order valence-corrected chi connectivity index (χ4v) is 5.60. The van der Waals surface area contributed by atoms with E-state index in [2.05, 4.69) is 82.1 Å². The Labute approximate surface area is 230 Å². The second kappa shape index (κ2) is 9.03. The van der Waals surface area contributed by atoms with Gasteiger partial charge < -0.3 is 4.57 Å². The lowest BCUT2D eigenvalue weighted by atomic mass is 10.1. The molecule has 5 nitrogen and oxygen atoms in total. The molecule has 0 aliphatic rings. The zero-order valence-corrected chi connectivity index (χ0v) is 21.5. The standard InChI is InChI=1S/C35H23N5/c1-4-12-24(13-5-1)33-36-34(25-14-6-2-7-15-25)38-35(37-33)40-31-19-11-10-18-27(31)28-20-21-30-29(32(28)40)22-23-39(30)26-16-8-3-9-17-26/h1-23H. The summed E-state index contributed by atoms with van der Waals surface area (Å²) in [7, 11) is 0. The summed E-state index contributed by atoms with van der Waals surface area (Å²) in [5.74, 6) is 1.88. The average molecular weight is 514 g/mol. The van der Waals surface area contributed by atoms with Crippen LogP contribution in [0.4, 0.5) is 0 Å². The minimum absolute atomic E-state index is 0.596. The van der Waals surface area contributed by atoms with Gasteiger partial charge in [-0.2, -0.15) is 9.97 Å². The van der Waals surface area contributed by atoms with Crippen LogP contribution >= 0.6 is 0 Å². The Morgan fingerprint density at radius 2 is 1.02 bits per heavy atom. The summed E-state index contributed by atoms with van der Waals surface area (Å²) in [5.41, 5.74) is 6.29. The molecule has 8 rings (SSSR count). The molecule has 0 fully saturated rings. The van der Waals surface area contributed by atoms with Crippen LogP contribution in [0.25, 0.3) is 67.1 Å². The minimum atomic E-state index is 0.596. The van der Waals surface area contributed by atoms with Gasteiger partial charge in [-0.05, 0) is 30.3 Å². The Hall–Kier alpha value is -5.55. The number of benzene rings is 5. The predicted octanol–water partition coefficient (Wildman–Crippen LogP) is 8.25. The highest BCUT2D eigenvalue weighted by Gasteiger charge is 2.20. The van der Waals surface area contributed by atoms with E-state index in [9.17, 15) is 0 Å². The molecule has 8 aromatic rings. The normalized spacial score (nSPS) is 11.5. The lowest BCUT2D eigenvalue weighted by Gasteiger charge is -2.11. The van der Waals surface area contributed by atoms with E-state index in [0.717, 1.165) is 49.5 Å². The molecule has 3 aromatic heterocycles. The molecule has 0 bridgehead atoms. The molecule has 0 atom stereocenters. The smallest absolute Gasteiger partial charge is 0.238 e. The van der Waals surface area contributed by atoms with Crippen LogP contribution in [0.1, 0.15) is 0 Å². The first-order valence-corrected chi connectivity index (χ1v) is 13.3. The van der Waals surface area contributed by atoms with Crippen molar-refractivity contribution in [1.29, 1.82) is 0 Å². The van der Waals surface area contributed by atoms with Crippen LogP contribution in [0.3, 0.4) is 0 Å². The number of hydrogen-bond donors (Lipinski definition) is 0. The van der Waals surface area contributed by atoms with Crippen LogP contribution in [0.5, 0.6) is 0 Å². The van der Waals surface area contributed by atoms with Crippen LogP contribution in [-0.4, -0.2) is 24.1 Å². The Bertz CT molecular complexity index is 2090. The molecule has 0 aliphatic heterocycles. The quantitative estimate of drug-likeness (QED) is 0.238. The first kappa shape index (κ1) is 22.4. The van der Waals surface area contributed by atoms with E-state index in [0.29, 0.717) is 17.6 Å². The summed E-state index contributed by atoms with van der Waals surface area (Å²) < 4.78 is 4.43. The van der Waals surface area contributed by atoms with Crippen LogP contribution < -0.4 is 0 Å². The highest BCUT2D eigenvalue weighted by atomic mass is 15.2. The van der Waals surface area contributed by atoms with Crippen molar-refractivity contribution in [3.05, 3.63) is 140 Å². The largest absolute Gasteiger partial charge is 0.316 e. The Kier molecular flexibility index (Phi) is 5.07. The molecule has 0 amide bonds. The van der Waals surface area contributed by atoms with Gasteiger partial charge in [0.1, 0.15) is 0 Å². The van der Waals surface area contributed by atoms with Crippen LogP contribution in [0.15, 0.2) is 140 Å². The zero-order valence-electron chi connectivity index (χ0n) is 21.5. The molecule has 40 heavy (non-hydrogen) atoms. The third-order valence-corrected chi connectivity index (χ3v) is 7.42. The lowest BCUT2D eigenvalue weighted by molar-refractivity contribution is 0.955. The molecule has 5 aromatic carbocycles. The number of para-hydroxylation sites is 2. The third kappa shape index (κ3) is 3.52. The third-order valence-electron chi connectivity index (χ3n) is 7.42. The number of nitrogens with zero attached hydrogens (tertiary/aromatic N) is 5. The van der Waals surface area contributed by atoms with E-state index in [1.165, 1.54) is 0 Å². The molecule has 188 valence electrons. The van der Waals surface area contributed by atoms with Gasteiger partial charge in [-0.25, -0.2) is 4.98 Å². The molecule has 0 unspecified atom stereocenters. The summed E-state index contributed by atoms with van der Waals surface area (Å²) in [6.45, 7) is 0. The molecule has 0 radical (unpaired) electrons. The molecule has 5 heteroatoms. The molecule has 0 saturated heterocycles. The van der Waals surface area contributed by atoms with Gasteiger partial charge in [0, 0.05) is 39.2 Å². The van der Waals surface area contributed by atoms with Gasteiger partial charge in [-0.1, -0.05) is 103 Å². The highest BCUT2D eigenvalue weighted by Crippen LogP contribution is 2.37. The van der Waals surface area contributed by atoms with Crippen molar-refractivity contribution in [2.75, 3.05) is 0 Å².